The minimum absolute atomic E-state index is 0.0593. The Morgan fingerprint density at radius 3 is 2.94 bits per heavy atom. The first-order valence-corrected chi connectivity index (χ1v) is 5.51. The van der Waals surface area contributed by atoms with Gasteiger partial charge in [0.2, 0.25) is 0 Å². The van der Waals surface area contributed by atoms with Gasteiger partial charge >= 0.3 is 0 Å². The monoisotopic (exact) mass is 247 g/mol. The zero-order chi connectivity index (χ0) is 12.8. The number of rotatable bonds is 5. The summed E-state index contributed by atoms with van der Waals surface area (Å²) in [4.78, 5) is 19.6. The van der Waals surface area contributed by atoms with Crippen molar-refractivity contribution in [3.8, 4) is 5.82 Å². The number of nitrogens with zero attached hydrogens (tertiary/aromatic N) is 4. The van der Waals surface area contributed by atoms with E-state index in [0.29, 0.717) is 24.3 Å². The van der Waals surface area contributed by atoms with Crippen LogP contribution in [0.1, 0.15) is 16.8 Å². The number of hydrogen-bond acceptors (Lipinski definition) is 5. The first kappa shape index (κ1) is 12.2. The first-order valence-electron chi connectivity index (χ1n) is 5.51. The number of hydrogen-bond donors (Lipinski definition) is 2. The van der Waals surface area contributed by atoms with Gasteiger partial charge in [0, 0.05) is 19.3 Å². The van der Waals surface area contributed by atoms with Crippen LogP contribution in [0.3, 0.4) is 0 Å². The number of amides is 1. The summed E-state index contributed by atoms with van der Waals surface area (Å²) in [7, 11) is 0. The van der Waals surface area contributed by atoms with Gasteiger partial charge in [0.25, 0.3) is 5.91 Å². The highest BCUT2D eigenvalue weighted by Crippen LogP contribution is 2.03. The van der Waals surface area contributed by atoms with Crippen molar-refractivity contribution in [2.45, 2.75) is 6.42 Å². The maximum absolute atomic E-state index is 11.6. The maximum atomic E-state index is 11.6. The topological polar surface area (TPSA) is 92.9 Å². The lowest BCUT2D eigenvalue weighted by atomic mass is 10.2. The first-order chi connectivity index (χ1) is 8.81. The molecule has 0 bridgehead atoms. The Kier molecular flexibility index (Phi) is 3.98. The lowest BCUT2D eigenvalue weighted by Crippen LogP contribution is -2.25. The van der Waals surface area contributed by atoms with Gasteiger partial charge in [-0.2, -0.15) is 5.10 Å². The number of carbonyl (C=O) groups excluding carboxylic acids is 1. The van der Waals surface area contributed by atoms with Crippen LogP contribution in [0.15, 0.2) is 31.0 Å². The molecule has 2 rings (SSSR count). The van der Waals surface area contributed by atoms with Crippen LogP contribution in [-0.2, 0) is 0 Å². The molecule has 0 unspecified atom stereocenters. The van der Waals surface area contributed by atoms with Gasteiger partial charge in [-0.15, -0.1) is 0 Å². The molecule has 0 fully saturated rings. The highest BCUT2D eigenvalue weighted by atomic mass is 16.3. The summed E-state index contributed by atoms with van der Waals surface area (Å²) in [5.41, 5.74) is 0.469. The molecule has 1 amide bonds. The molecule has 0 saturated heterocycles. The predicted molar refractivity (Wildman–Crippen MR) is 63.2 cm³/mol. The lowest BCUT2D eigenvalue weighted by Gasteiger charge is -2.04. The summed E-state index contributed by atoms with van der Waals surface area (Å²) in [5.74, 6) is 0.389. The molecule has 0 saturated carbocycles. The van der Waals surface area contributed by atoms with E-state index >= 15 is 0 Å². The molecular weight excluding hydrogens is 234 g/mol. The van der Waals surface area contributed by atoms with Gasteiger partial charge in [0.1, 0.15) is 12.7 Å². The predicted octanol–water partition coefficient (Wildman–Crippen LogP) is -0.226. The average Bonchev–Trinajstić information content (AvgIpc) is 2.93. The molecule has 7 heteroatoms. The van der Waals surface area contributed by atoms with Crippen molar-refractivity contribution in [3.05, 3.63) is 36.5 Å². The van der Waals surface area contributed by atoms with Crippen LogP contribution >= 0.6 is 0 Å². The van der Waals surface area contributed by atoms with Crippen molar-refractivity contribution in [2.24, 2.45) is 0 Å². The van der Waals surface area contributed by atoms with Gasteiger partial charge in [0.05, 0.1) is 5.56 Å². The molecule has 2 aromatic heterocycles. The van der Waals surface area contributed by atoms with Crippen LogP contribution in [0.25, 0.3) is 5.82 Å². The number of pyridine rings is 1. The molecule has 0 spiro atoms. The fourth-order valence-corrected chi connectivity index (χ4v) is 1.37. The highest BCUT2D eigenvalue weighted by molar-refractivity contribution is 5.93. The third kappa shape index (κ3) is 2.89. The second-order valence-electron chi connectivity index (χ2n) is 3.58. The van der Waals surface area contributed by atoms with E-state index in [9.17, 15) is 4.79 Å². The summed E-state index contributed by atoms with van der Waals surface area (Å²) >= 11 is 0. The Morgan fingerprint density at radius 1 is 1.44 bits per heavy atom. The van der Waals surface area contributed by atoms with E-state index in [1.807, 2.05) is 0 Å². The number of aliphatic hydroxyl groups excluding tert-OH is 1. The van der Waals surface area contributed by atoms with Crippen molar-refractivity contribution in [3.63, 3.8) is 0 Å². The molecule has 0 atom stereocenters. The molecule has 2 aromatic rings. The molecular formula is C11H13N5O2. The largest absolute Gasteiger partial charge is 0.396 e. The zero-order valence-electron chi connectivity index (χ0n) is 9.65. The minimum Gasteiger partial charge on any atom is -0.396 e. The van der Waals surface area contributed by atoms with Gasteiger partial charge in [0.15, 0.2) is 5.82 Å². The van der Waals surface area contributed by atoms with Gasteiger partial charge in [-0.05, 0) is 18.6 Å². The zero-order valence-corrected chi connectivity index (χ0v) is 9.65. The minimum atomic E-state index is -0.207. The van der Waals surface area contributed by atoms with Gasteiger partial charge in [-0.1, -0.05) is 0 Å². The third-order valence-electron chi connectivity index (χ3n) is 2.28. The normalized spacial score (nSPS) is 10.3. The fourth-order valence-electron chi connectivity index (χ4n) is 1.37. The standard InChI is InChI=1S/C11H13N5O2/c17-5-1-4-13-11(18)9-2-3-10(14-6-9)16-8-12-7-15-16/h2-3,6-8,17H,1,4-5H2,(H,13,18). The number of carbonyl (C=O) groups is 1. The average molecular weight is 247 g/mol. The Labute approximate surface area is 104 Å². The van der Waals surface area contributed by atoms with Crippen LogP contribution in [0, 0.1) is 0 Å². The van der Waals surface area contributed by atoms with Crippen LogP contribution in [0.4, 0.5) is 0 Å². The van der Waals surface area contributed by atoms with Crippen LogP contribution in [0.5, 0.6) is 0 Å². The second kappa shape index (κ2) is 5.87. The molecule has 18 heavy (non-hydrogen) atoms. The second-order valence-corrected chi connectivity index (χ2v) is 3.58. The van der Waals surface area contributed by atoms with E-state index < -0.39 is 0 Å². The van der Waals surface area contributed by atoms with Crippen LogP contribution in [-0.4, -0.2) is 43.9 Å². The van der Waals surface area contributed by atoms with Crippen molar-refractivity contribution < 1.29 is 9.90 Å². The summed E-state index contributed by atoms with van der Waals surface area (Å²) in [6, 6.07) is 3.36. The van der Waals surface area contributed by atoms with Gasteiger partial charge in [-0.3, -0.25) is 4.79 Å². The SMILES string of the molecule is O=C(NCCCO)c1ccc(-n2cncn2)nc1. The smallest absolute Gasteiger partial charge is 0.252 e. The van der Waals surface area contributed by atoms with Gasteiger partial charge in [-0.25, -0.2) is 14.6 Å². The third-order valence-corrected chi connectivity index (χ3v) is 2.28. The van der Waals surface area contributed by atoms with E-state index in [-0.39, 0.29) is 12.5 Å². The number of nitrogens with one attached hydrogen (secondary N) is 1. The van der Waals surface area contributed by atoms with Crippen molar-refractivity contribution in [1.29, 1.82) is 0 Å². The van der Waals surface area contributed by atoms with E-state index in [1.165, 1.54) is 23.5 Å². The van der Waals surface area contributed by atoms with Crippen molar-refractivity contribution in [2.75, 3.05) is 13.2 Å². The summed E-state index contributed by atoms with van der Waals surface area (Å²) in [5, 5.41) is 15.2. The molecule has 7 nitrogen and oxygen atoms in total. The number of aliphatic hydroxyl groups is 1. The van der Waals surface area contributed by atoms with Crippen molar-refractivity contribution >= 4 is 5.91 Å². The maximum Gasteiger partial charge on any atom is 0.252 e. The summed E-state index contributed by atoms with van der Waals surface area (Å²) < 4.78 is 1.51. The molecule has 0 aliphatic heterocycles. The summed E-state index contributed by atoms with van der Waals surface area (Å²) in [6.07, 6.45) is 4.96. The number of aromatic nitrogens is 4. The van der Waals surface area contributed by atoms with E-state index in [2.05, 4.69) is 20.4 Å². The fraction of sp³-hybridized carbons (Fsp3) is 0.273. The molecule has 2 N–H and O–H groups in total. The Bertz CT molecular complexity index is 495. The Morgan fingerprint density at radius 2 is 2.33 bits per heavy atom. The quantitative estimate of drug-likeness (QED) is 0.712. The molecule has 94 valence electrons. The van der Waals surface area contributed by atoms with Crippen molar-refractivity contribution in [1.82, 2.24) is 25.1 Å². The molecule has 0 aliphatic carbocycles. The Hall–Kier alpha value is -2.28. The Balaban J connectivity index is 2.01. The van der Waals surface area contributed by atoms with Crippen LogP contribution in [0.2, 0.25) is 0 Å². The molecule has 0 aliphatic rings. The van der Waals surface area contributed by atoms with E-state index in [0.717, 1.165) is 0 Å². The molecule has 0 aromatic carbocycles. The van der Waals surface area contributed by atoms with E-state index in [4.69, 9.17) is 5.11 Å². The molecule has 2 heterocycles. The molecule has 0 radical (unpaired) electrons. The lowest BCUT2D eigenvalue weighted by molar-refractivity contribution is 0.0951. The van der Waals surface area contributed by atoms with Crippen LogP contribution < -0.4 is 5.32 Å². The van der Waals surface area contributed by atoms with E-state index in [1.54, 1.807) is 12.1 Å². The summed E-state index contributed by atoms with van der Waals surface area (Å²) in [6.45, 7) is 0.504. The van der Waals surface area contributed by atoms with Gasteiger partial charge < -0.3 is 10.4 Å². The highest BCUT2D eigenvalue weighted by Gasteiger charge is 2.06.